The van der Waals surface area contributed by atoms with E-state index in [1.165, 1.54) is 5.56 Å². The molecule has 0 amide bonds. The Labute approximate surface area is 136 Å². The molecule has 1 heterocycles. The van der Waals surface area contributed by atoms with Crippen molar-refractivity contribution in [3.63, 3.8) is 0 Å². The van der Waals surface area contributed by atoms with Crippen LogP contribution in [-0.2, 0) is 16.0 Å². The van der Waals surface area contributed by atoms with E-state index in [4.69, 9.17) is 14.2 Å². The van der Waals surface area contributed by atoms with Crippen molar-refractivity contribution in [2.75, 3.05) is 33.0 Å². The van der Waals surface area contributed by atoms with E-state index in [0.717, 1.165) is 27.8 Å². The van der Waals surface area contributed by atoms with Crippen molar-refractivity contribution < 1.29 is 14.2 Å². The van der Waals surface area contributed by atoms with Crippen LogP contribution in [0.3, 0.4) is 0 Å². The van der Waals surface area contributed by atoms with E-state index >= 15 is 0 Å². The molecule has 0 spiro atoms. The third kappa shape index (κ3) is 4.70. The lowest BCUT2D eigenvalue weighted by atomic mass is 10.2. The van der Waals surface area contributed by atoms with Gasteiger partial charge in [-0.15, -0.1) is 0 Å². The summed E-state index contributed by atoms with van der Waals surface area (Å²) in [6.07, 6.45) is 0.151. The standard InChI is InChI=1S/C14H19Br2NO3/c1-2-19-14-12(15)5-10(6-13(14)16)7-17-8-11-9-18-3-4-20-11/h5-6,11,17H,2-4,7-9H2,1H3. The van der Waals surface area contributed by atoms with Gasteiger partial charge in [0.05, 0.1) is 41.5 Å². The Balaban J connectivity index is 1.86. The van der Waals surface area contributed by atoms with Gasteiger partial charge in [0.2, 0.25) is 0 Å². The smallest absolute Gasteiger partial charge is 0.147 e. The van der Waals surface area contributed by atoms with E-state index in [1.807, 2.05) is 6.92 Å². The van der Waals surface area contributed by atoms with E-state index in [2.05, 4.69) is 49.3 Å². The highest BCUT2D eigenvalue weighted by Crippen LogP contribution is 2.34. The maximum atomic E-state index is 5.59. The molecule has 0 aromatic heterocycles. The number of rotatable bonds is 6. The van der Waals surface area contributed by atoms with Gasteiger partial charge in [-0.2, -0.15) is 0 Å². The van der Waals surface area contributed by atoms with Gasteiger partial charge in [-0.25, -0.2) is 0 Å². The predicted octanol–water partition coefficient (Wildman–Crippen LogP) is 3.12. The summed E-state index contributed by atoms with van der Waals surface area (Å²) in [5, 5.41) is 3.39. The molecule has 0 radical (unpaired) electrons. The van der Waals surface area contributed by atoms with Crippen LogP contribution in [0.1, 0.15) is 12.5 Å². The quantitative estimate of drug-likeness (QED) is 0.784. The first-order valence-corrected chi connectivity index (χ1v) is 8.30. The summed E-state index contributed by atoms with van der Waals surface area (Å²) in [6, 6.07) is 4.14. The molecule has 1 fully saturated rings. The van der Waals surface area contributed by atoms with Crippen molar-refractivity contribution in [3.05, 3.63) is 26.6 Å². The third-order valence-corrected chi connectivity index (χ3v) is 4.11. The predicted molar refractivity (Wildman–Crippen MR) is 85.3 cm³/mol. The van der Waals surface area contributed by atoms with Gasteiger partial charge < -0.3 is 19.5 Å². The minimum absolute atomic E-state index is 0.151. The molecule has 4 nitrogen and oxygen atoms in total. The molecule has 1 saturated heterocycles. The lowest BCUT2D eigenvalue weighted by molar-refractivity contribution is -0.0864. The summed E-state index contributed by atoms with van der Waals surface area (Å²) in [6.45, 7) is 6.26. The molecule has 1 N–H and O–H groups in total. The molecular formula is C14H19Br2NO3. The molecule has 112 valence electrons. The molecule has 1 aliphatic heterocycles. The average molecular weight is 409 g/mol. The van der Waals surface area contributed by atoms with Crippen LogP contribution in [-0.4, -0.2) is 39.1 Å². The fraction of sp³-hybridized carbons (Fsp3) is 0.571. The molecule has 6 heteroatoms. The summed E-state index contributed by atoms with van der Waals surface area (Å²) in [5.41, 5.74) is 1.18. The first-order valence-electron chi connectivity index (χ1n) is 6.71. The van der Waals surface area contributed by atoms with Crippen molar-refractivity contribution in [2.24, 2.45) is 0 Å². The first-order chi connectivity index (χ1) is 9.70. The lowest BCUT2D eigenvalue weighted by Crippen LogP contribution is -2.37. The van der Waals surface area contributed by atoms with E-state index in [-0.39, 0.29) is 6.10 Å². The number of ether oxygens (including phenoxy) is 3. The van der Waals surface area contributed by atoms with Crippen molar-refractivity contribution in [1.29, 1.82) is 0 Å². The number of hydrogen-bond acceptors (Lipinski definition) is 4. The van der Waals surface area contributed by atoms with E-state index in [0.29, 0.717) is 26.4 Å². The highest BCUT2D eigenvalue weighted by Gasteiger charge is 2.14. The minimum atomic E-state index is 0.151. The Hall–Kier alpha value is -0.140. The van der Waals surface area contributed by atoms with Crippen LogP contribution < -0.4 is 10.1 Å². The number of hydrogen-bond donors (Lipinski definition) is 1. The van der Waals surface area contributed by atoms with E-state index in [9.17, 15) is 0 Å². The maximum Gasteiger partial charge on any atom is 0.147 e. The third-order valence-electron chi connectivity index (χ3n) is 2.93. The van der Waals surface area contributed by atoms with E-state index < -0.39 is 0 Å². The van der Waals surface area contributed by atoms with Crippen LogP contribution in [0.25, 0.3) is 0 Å². The molecule has 20 heavy (non-hydrogen) atoms. The van der Waals surface area contributed by atoms with Crippen molar-refractivity contribution in [3.8, 4) is 5.75 Å². The molecule has 2 rings (SSSR count). The molecule has 0 aliphatic carbocycles. The Morgan fingerprint density at radius 2 is 2.05 bits per heavy atom. The number of halogens is 2. The van der Waals surface area contributed by atoms with Gasteiger partial charge in [0.25, 0.3) is 0 Å². The minimum Gasteiger partial charge on any atom is -0.492 e. The van der Waals surface area contributed by atoms with Gasteiger partial charge in [0.15, 0.2) is 0 Å². The fourth-order valence-electron chi connectivity index (χ4n) is 2.03. The summed E-state index contributed by atoms with van der Waals surface area (Å²) in [5.74, 6) is 0.847. The molecule has 1 aromatic carbocycles. The van der Waals surface area contributed by atoms with Gasteiger partial charge in [-0.05, 0) is 56.5 Å². The normalized spacial score (nSPS) is 19.1. The van der Waals surface area contributed by atoms with Crippen LogP contribution in [0.2, 0.25) is 0 Å². The highest BCUT2D eigenvalue weighted by atomic mass is 79.9. The molecule has 1 aliphatic rings. The van der Waals surface area contributed by atoms with E-state index in [1.54, 1.807) is 0 Å². The van der Waals surface area contributed by atoms with Crippen LogP contribution in [0.4, 0.5) is 0 Å². The summed E-state index contributed by atoms with van der Waals surface area (Å²) in [7, 11) is 0. The SMILES string of the molecule is CCOc1c(Br)cc(CNCC2COCCO2)cc1Br. The zero-order chi connectivity index (χ0) is 14.4. The van der Waals surface area contributed by atoms with Crippen molar-refractivity contribution in [1.82, 2.24) is 5.32 Å². The number of benzene rings is 1. The largest absolute Gasteiger partial charge is 0.492 e. The van der Waals surface area contributed by atoms with Crippen molar-refractivity contribution >= 4 is 31.9 Å². The second kappa shape index (κ2) is 8.34. The molecule has 1 atom stereocenters. The zero-order valence-electron chi connectivity index (χ0n) is 11.5. The first kappa shape index (κ1) is 16.2. The Kier molecular flexibility index (Phi) is 6.77. The Bertz CT molecular complexity index is 413. The maximum absolute atomic E-state index is 5.59. The second-order valence-corrected chi connectivity index (χ2v) is 6.23. The van der Waals surface area contributed by atoms with Crippen LogP contribution in [0.5, 0.6) is 5.75 Å². The molecule has 0 saturated carbocycles. The molecule has 1 unspecified atom stereocenters. The average Bonchev–Trinajstić information content (AvgIpc) is 2.44. The number of nitrogens with one attached hydrogen (secondary N) is 1. The zero-order valence-corrected chi connectivity index (χ0v) is 14.6. The monoisotopic (exact) mass is 407 g/mol. The van der Waals surface area contributed by atoms with Crippen molar-refractivity contribution in [2.45, 2.75) is 19.6 Å². The van der Waals surface area contributed by atoms with Gasteiger partial charge in [-0.1, -0.05) is 0 Å². The van der Waals surface area contributed by atoms with Gasteiger partial charge >= 0.3 is 0 Å². The lowest BCUT2D eigenvalue weighted by Gasteiger charge is -2.23. The topological polar surface area (TPSA) is 39.7 Å². The van der Waals surface area contributed by atoms with Gasteiger partial charge in [0.1, 0.15) is 5.75 Å². The van der Waals surface area contributed by atoms with Gasteiger partial charge in [-0.3, -0.25) is 0 Å². The summed E-state index contributed by atoms with van der Waals surface area (Å²) >= 11 is 7.08. The second-order valence-electron chi connectivity index (χ2n) is 4.52. The van der Waals surface area contributed by atoms with Crippen LogP contribution in [0, 0.1) is 0 Å². The van der Waals surface area contributed by atoms with Crippen LogP contribution >= 0.6 is 31.9 Å². The summed E-state index contributed by atoms with van der Waals surface area (Å²) < 4.78 is 18.5. The Morgan fingerprint density at radius 1 is 1.30 bits per heavy atom. The van der Waals surface area contributed by atoms with Gasteiger partial charge in [0, 0.05) is 13.1 Å². The summed E-state index contributed by atoms with van der Waals surface area (Å²) in [4.78, 5) is 0. The van der Waals surface area contributed by atoms with Crippen LogP contribution in [0.15, 0.2) is 21.1 Å². The Morgan fingerprint density at radius 3 is 2.65 bits per heavy atom. The molecule has 0 bridgehead atoms. The molecule has 1 aromatic rings. The highest BCUT2D eigenvalue weighted by molar-refractivity contribution is 9.11. The molecular weight excluding hydrogens is 390 g/mol. The fourth-order valence-corrected chi connectivity index (χ4v) is 3.54.